The first-order chi connectivity index (χ1) is 9.22. The van der Waals surface area contributed by atoms with Crippen LogP contribution in [0.4, 0.5) is 0 Å². The van der Waals surface area contributed by atoms with Crippen molar-refractivity contribution in [2.45, 2.75) is 6.42 Å². The topological polar surface area (TPSA) is 59.1 Å². The zero-order chi connectivity index (χ0) is 13.7. The summed E-state index contributed by atoms with van der Waals surface area (Å²) in [6.07, 6.45) is 1.31. The molecular weight excluding hydrogens is 240 g/mol. The van der Waals surface area contributed by atoms with E-state index in [4.69, 9.17) is 0 Å². The fraction of sp³-hybridized carbons (Fsp3) is 0.133. The Morgan fingerprint density at radius 2 is 2.00 bits per heavy atom. The van der Waals surface area contributed by atoms with Crippen molar-refractivity contribution in [3.63, 3.8) is 0 Å². The molecule has 19 heavy (non-hydrogen) atoms. The third kappa shape index (κ3) is 3.25. The summed E-state index contributed by atoms with van der Waals surface area (Å²) >= 11 is 0. The molecule has 1 amide bonds. The molecule has 2 rings (SSSR count). The molecule has 0 atom stereocenters. The first kappa shape index (κ1) is 13.0. The third-order valence-electron chi connectivity index (χ3n) is 2.72. The molecule has 1 aromatic heterocycles. The molecule has 1 aromatic carbocycles. The summed E-state index contributed by atoms with van der Waals surface area (Å²) in [5, 5.41) is 2.51. The van der Waals surface area contributed by atoms with Crippen LogP contribution in [-0.2, 0) is 6.42 Å². The Balaban J connectivity index is 2.34. The molecule has 0 aliphatic carbocycles. The molecule has 1 N–H and O–H groups in total. The van der Waals surface area contributed by atoms with Gasteiger partial charge < -0.3 is 5.32 Å². The highest BCUT2D eigenvalue weighted by Gasteiger charge is 2.09. The fourth-order valence-corrected chi connectivity index (χ4v) is 1.82. The minimum absolute atomic E-state index is 0.262. The maximum Gasteiger partial charge on any atom is 0.269 e. The number of carbonyl (C=O) groups is 2. The average molecular weight is 254 g/mol. The second-order valence-electron chi connectivity index (χ2n) is 4.14. The summed E-state index contributed by atoms with van der Waals surface area (Å²) < 4.78 is 0. The molecule has 0 bridgehead atoms. The smallest absolute Gasteiger partial charge is 0.269 e. The van der Waals surface area contributed by atoms with Crippen molar-refractivity contribution in [1.29, 1.82) is 0 Å². The Morgan fingerprint density at radius 1 is 1.26 bits per heavy atom. The van der Waals surface area contributed by atoms with E-state index in [0.717, 1.165) is 11.8 Å². The summed E-state index contributed by atoms with van der Waals surface area (Å²) in [5.41, 5.74) is 2.51. The number of pyridine rings is 1. The van der Waals surface area contributed by atoms with E-state index in [-0.39, 0.29) is 11.6 Å². The normalized spacial score (nSPS) is 9.95. The monoisotopic (exact) mass is 254 g/mol. The van der Waals surface area contributed by atoms with Crippen molar-refractivity contribution in [1.82, 2.24) is 10.3 Å². The second kappa shape index (κ2) is 5.91. The Labute approximate surface area is 111 Å². The molecule has 96 valence electrons. The van der Waals surface area contributed by atoms with Crippen LogP contribution in [0.25, 0.3) is 0 Å². The van der Waals surface area contributed by atoms with Gasteiger partial charge >= 0.3 is 0 Å². The van der Waals surface area contributed by atoms with E-state index in [1.54, 1.807) is 6.07 Å². The molecule has 1 heterocycles. The molecular formula is C15H14N2O2. The van der Waals surface area contributed by atoms with Crippen LogP contribution in [0.5, 0.6) is 0 Å². The van der Waals surface area contributed by atoms with Gasteiger partial charge in [-0.1, -0.05) is 30.3 Å². The Hall–Kier alpha value is -2.49. The van der Waals surface area contributed by atoms with Crippen LogP contribution in [0.3, 0.4) is 0 Å². The first-order valence-electron chi connectivity index (χ1n) is 5.95. The van der Waals surface area contributed by atoms with Crippen molar-refractivity contribution < 1.29 is 9.59 Å². The van der Waals surface area contributed by atoms with Gasteiger partial charge in [0.25, 0.3) is 5.91 Å². The van der Waals surface area contributed by atoms with Crippen LogP contribution in [0.15, 0.2) is 42.5 Å². The van der Waals surface area contributed by atoms with E-state index >= 15 is 0 Å². The molecule has 0 aliphatic heterocycles. The van der Waals surface area contributed by atoms with Gasteiger partial charge in [-0.15, -0.1) is 0 Å². The van der Waals surface area contributed by atoms with Gasteiger partial charge in [-0.2, -0.15) is 0 Å². The van der Waals surface area contributed by atoms with E-state index in [9.17, 15) is 9.59 Å². The van der Waals surface area contributed by atoms with E-state index in [1.165, 1.54) is 13.1 Å². The summed E-state index contributed by atoms with van der Waals surface area (Å²) in [5.74, 6) is -0.294. The number of nitrogens with one attached hydrogen (secondary N) is 1. The van der Waals surface area contributed by atoms with Gasteiger partial charge in [0.1, 0.15) is 12.0 Å². The van der Waals surface area contributed by atoms with Crippen LogP contribution >= 0.6 is 0 Å². The summed E-state index contributed by atoms with van der Waals surface area (Å²) in [6, 6.07) is 13.0. The number of carbonyl (C=O) groups excluding carboxylic acids is 2. The lowest BCUT2D eigenvalue weighted by atomic mass is 10.1. The summed E-state index contributed by atoms with van der Waals surface area (Å²) in [4.78, 5) is 26.8. The highest BCUT2D eigenvalue weighted by molar-refractivity contribution is 5.93. The van der Waals surface area contributed by atoms with Crippen LogP contribution in [0.2, 0.25) is 0 Å². The van der Waals surface area contributed by atoms with E-state index < -0.39 is 0 Å². The molecule has 0 saturated carbocycles. The number of hydrogen-bond donors (Lipinski definition) is 1. The number of nitrogens with zero attached hydrogens (tertiary/aromatic N) is 1. The quantitative estimate of drug-likeness (QED) is 0.847. The van der Waals surface area contributed by atoms with E-state index in [1.807, 2.05) is 30.3 Å². The number of hydrogen-bond acceptors (Lipinski definition) is 3. The number of aldehydes is 1. The molecule has 2 aromatic rings. The molecule has 0 unspecified atom stereocenters. The minimum Gasteiger partial charge on any atom is -0.354 e. The number of benzene rings is 1. The van der Waals surface area contributed by atoms with Gasteiger partial charge in [0.2, 0.25) is 0 Å². The molecule has 4 nitrogen and oxygen atoms in total. The fourth-order valence-electron chi connectivity index (χ4n) is 1.82. The van der Waals surface area contributed by atoms with Crippen molar-refractivity contribution in [3.05, 3.63) is 65.0 Å². The zero-order valence-electron chi connectivity index (χ0n) is 10.6. The maximum absolute atomic E-state index is 11.6. The minimum atomic E-state index is -0.294. The van der Waals surface area contributed by atoms with Crippen LogP contribution in [0.1, 0.15) is 32.1 Å². The Bertz CT molecular complexity index is 594. The van der Waals surface area contributed by atoms with Crippen LogP contribution in [-0.4, -0.2) is 24.2 Å². The molecule has 0 spiro atoms. The third-order valence-corrected chi connectivity index (χ3v) is 2.72. The van der Waals surface area contributed by atoms with Gasteiger partial charge in [0.05, 0.1) is 0 Å². The first-order valence-corrected chi connectivity index (χ1v) is 5.95. The second-order valence-corrected chi connectivity index (χ2v) is 4.14. The highest BCUT2D eigenvalue weighted by Crippen LogP contribution is 2.10. The van der Waals surface area contributed by atoms with Crippen LogP contribution in [0, 0.1) is 0 Å². The average Bonchev–Trinajstić information content (AvgIpc) is 2.47. The van der Waals surface area contributed by atoms with E-state index in [0.29, 0.717) is 17.7 Å². The van der Waals surface area contributed by atoms with Gasteiger partial charge in [-0.3, -0.25) is 9.59 Å². The van der Waals surface area contributed by atoms with Gasteiger partial charge in [0.15, 0.2) is 0 Å². The van der Waals surface area contributed by atoms with Gasteiger partial charge in [-0.25, -0.2) is 4.98 Å². The van der Waals surface area contributed by atoms with Crippen LogP contribution < -0.4 is 5.32 Å². The maximum atomic E-state index is 11.6. The highest BCUT2D eigenvalue weighted by atomic mass is 16.1. The van der Waals surface area contributed by atoms with Crippen molar-refractivity contribution in [2.75, 3.05) is 7.05 Å². The summed E-state index contributed by atoms with van der Waals surface area (Å²) in [7, 11) is 1.54. The standard InChI is InChI=1S/C15H14N2O2/c1-16-15(19)14-9-12(10-18)8-13(17-14)7-11-5-3-2-4-6-11/h2-6,8-10H,7H2,1H3,(H,16,19). The molecule has 0 fully saturated rings. The van der Waals surface area contributed by atoms with Gasteiger partial charge in [0, 0.05) is 24.7 Å². The number of aromatic nitrogens is 1. The number of rotatable bonds is 4. The predicted molar refractivity (Wildman–Crippen MR) is 72.3 cm³/mol. The zero-order valence-corrected chi connectivity index (χ0v) is 10.6. The lowest BCUT2D eigenvalue weighted by Crippen LogP contribution is -2.20. The summed E-state index contributed by atoms with van der Waals surface area (Å²) in [6.45, 7) is 0. The number of amides is 1. The van der Waals surface area contributed by atoms with E-state index in [2.05, 4.69) is 10.3 Å². The lowest BCUT2D eigenvalue weighted by molar-refractivity contribution is 0.0958. The van der Waals surface area contributed by atoms with Crippen molar-refractivity contribution >= 4 is 12.2 Å². The SMILES string of the molecule is CNC(=O)c1cc(C=O)cc(Cc2ccccc2)n1. The van der Waals surface area contributed by atoms with Crippen molar-refractivity contribution in [3.8, 4) is 0 Å². The lowest BCUT2D eigenvalue weighted by Gasteiger charge is -2.05. The molecule has 4 heteroatoms. The largest absolute Gasteiger partial charge is 0.354 e. The van der Waals surface area contributed by atoms with Crippen molar-refractivity contribution in [2.24, 2.45) is 0 Å². The Morgan fingerprint density at radius 3 is 2.63 bits per heavy atom. The predicted octanol–water partition coefficient (Wildman–Crippen LogP) is 1.84. The molecule has 0 saturated heterocycles. The molecule has 0 radical (unpaired) electrons. The molecule has 0 aliphatic rings. The van der Waals surface area contributed by atoms with Gasteiger partial charge in [-0.05, 0) is 17.7 Å². The Kier molecular flexibility index (Phi) is 4.03.